The van der Waals surface area contributed by atoms with Gasteiger partial charge in [0.15, 0.2) is 5.96 Å². The molecule has 0 radical (unpaired) electrons. The molecule has 1 atom stereocenters. The van der Waals surface area contributed by atoms with Crippen molar-refractivity contribution in [2.45, 2.75) is 6.92 Å². The molecule has 172 valence electrons. The molecule has 0 saturated carbocycles. The summed E-state index contributed by atoms with van der Waals surface area (Å²) in [7, 11) is 1.51. The molecule has 0 spiro atoms. The molecule has 1 heterocycles. The Bertz CT molecular complexity index is 1130. The van der Waals surface area contributed by atoms with Crippen molar-refractivity contribution < 1.29 is 26.6 Å². The van der Waals surface area contributed by atoms with Crippen LogP contribution in [-0.4, -0.2) is 53.3 Å². The van der Waals surface area contributed by atoms with Gasteiger partial charge < -0.3 is 10.7 Å². The van der Waals surface area contributed by atoms with Gasteiger partial charge in [0.1, 0.15) is 5.69 Å². The van der Waals surface area contributed by atoms with E-state index in [2.05, 4.69) is 24.5 Å². The maximum absolute atomic E-state index is 11.7. The Kier molecular flexibility index (Phi) is 10.2. The van der Waals surface area contributed by atoms with Crippen LogP contribution in [0.1, 0.15) is 17.4 Å². The second-order valence-corrected chi connectivity index (χ2v) is 9.78. The number of aromatic amines is 1. The van der Waals surface area contributed by atoms with Crippen LogP contribution in [0.25, 0.3) is 10.9 Å². The van der Waals surface area contributed by atoms with Gasteiger partial charge in [0.25, 0.3) is 5.91 Å². The van der Waals surface area contributed by atoms with Crippen LogP contribution in [0.3, 0.4) is 0 Å². The van der Waals surface area contributed by atoms with Gasteiger partial charge >= 0.3 is 88.4 Å². The van der Waals surface area contributed by atoms with E-state index in [1.807, 2.05) is 24.3 Å². The second kappa shape index (κ2) is 12.1. The summed E-state index contributed by atoms with van der Waals surface area (Å²) in [6, 6.07) is 15.1. The molecule has 0 bridgehead atoms. The number of rotatable bonds is 4. The van der Waals surface area contributed by atoms with Crippen molar-refractivity contribution >= 4 is 65.3 Å². The molecule has 1 aromatic heterocycles. The standard InChI is InChI=1S/C11H12N4O.C8H10AsNO5.ClH/c1-13-11(12)15-10(16)9-6-7-4-2-3-5-8(7)14-9;1-6(11)10-8-4-2-3-7(5-8)9(12,13)15-14;/h2-6,14H,1H3,(H3,12,13,15,16);2-5,14H,1H3,(H,10,11)(H,12,13);1H. The van der Waals surface area contributed by atoms with Crippen molar-refractivity contribution in [2.75, 3.05) is 12.4 Å². The first-order chi connectivity index (χ1) is 14.7. The summed E-state index contributed by atoms with van der Waals surface area (Å²) < 4.78 is 23.9. The van der Waals surface area contributed by atoms with E-state index in [0.717, 1.165) is 10.9 Å². The third-order valence-electron chi connectivity index (χ3n) is 3.86. The first-order valence-corrected chi connectivity index (χ1v) is 12.1. The second-order valence-electron chi connectivity index (χ2n) is 6.17. The molecule has 2 amide bonds. The van der Waals surface area contributed by atoms with Gasteiger partial charge in [-0.15, -0.1) is 12.4 Å². The van der Waals surface area contributed by atoms with Crippen molar-refractivity contribution in [3.63, 3.8) is 0 Å². The van der Waals surface area contributed by atoms with Crippen molar-refractivity contribution in [2.24, 2.45) is 10.7 Å². The van der Waals surface area contributed by atoms with Crippen LogP contribution in [0.2, 0.25) is 0 Å². The van der Waals surface area contributed by atoms with E-state index >= 15 is 0 Å². The Hall–Kier alpha value is -3.08. The number of hydrogen-bond acceptors (Lipinski definition) is 6. The first kappa shape index (κ1) is 27.0. The molecule has 7 N–H and O–H groups in total. The van der Waals surface area contributed by atoms with E-state index < -0.39 is 14.2 Å². The van der Waals surface area contributed by atoms with Crippen LogP contribution in [0, 0.1) is 0 Å². The van der Waals surface area contributed by atoms with Crippen LogP contribution >= 0.6 is 12.4 Å². The van der Waals surface area contributed by atoms with E-state index in [4.69, 9.17) is 11.0 Å². The number of H-pyrrole nitrogens is 1. The van der Waals surface area contributed by atoms with Gasteiger partial charge in [0.2, 0.25) is 0 Å². The van der Waals surface area contributed by atoms with Gasteiger partial charge in [-0.05, 0) is 12.1 Å². The zero-order valence-corrected chi connectivity index (χ0v) is 19.8. The Labute approximate surface area is 192 Å². The van der Waals surface area contributed by atoms with Gasteiger partial charge in [-0.3, -0.25) is 15.1 Å². The van der Waals surface area contributed by atoms with Crippen LogP contribution in [0.4, 0.5) is 5.69 Å². The number of fused-ring (bicyclic) bond motifs is 1. The molecule has 2 aromatic carbocycles. The third-order valence-corrected chi connectivity index (χ3v) is 6.28. The topological polar surface area (TPSA) is 179 Å². The molecule has 3 rings (SSSR count). The average molecular weight is 528 g/mol. The van der Waals surface area contributed by atoms with E-state index in [1.165, 1.54) is 32.2 Å². The largest absolute Gasteiger partial charge is 0.370 e. The van der Waals surface area contributed by atoms with Crippen molar-refractivity contribution in [3.8, 4) is 0 Å². The summed E-state index contributed by atoms with van der Waals surface area (Å²) in [5.74, 6) is -0.486. The normalized spacial score (nSPS) is 12.6. The third kappa shape index (κ3) is 7.56. The number of aliphatic imine (C=N–C) groups is 1. The number of para-hydroxylation sites is 1. The van der Waals surface area contributed by atoms with E-state index in [1.54, 1.807) is 12.1 Å². The summed E-state index contributed by atoms with van der Waals surface area (Å²) >= 11 is -4.83. The number of nitrogens with zero attached hydrogens (tertiary/aromatic N) is 1. The Morgan fingerprint density at radius 2 is 1.84 bits per heavy atom. The van der Waals surface area contributed by atoms with Crippen LogP contribution in [0.5, 0.6) is 0 Å². The SMILES string of the molecule is CC(=O)Nc1cccc([As](=O)(O)OO)c1.CN=C(N)NC(=O)c1cc2ccccc2[nH]1.Cl. The quantitative estimate of drug-likeness (QED) is 0.0961. The number of hydrogen-bond donors (Lipinski definition) is 6. The maximum atomic E-state index is 11.7. The fourth-order valence-corrected chi connectivity index (χ4v) is 3.85. The molecule has 0 aliphatic rings. The maximum Gasteiger partial charge on any atom is 0.274 e. The molecule has 3 aromatic rings. The van der Waals surface area contributed by atoms with Crippen molar-refractivity contribution in [3.05, 3.63) is 60.3 Å². The number of anilines is 1. The van der Waals surface area contributed by atoms with E-state index in [9.17, 15) is 17.4 Å². The van der Waals surface area contributed by atoms with E-state index in [0.29, 0.717) is 11.4 Å². The Morgan fingerprint density at radius 1 is 1.16 bits per heavy atom. The zero-order valence-electron chi connectivity index (χ0n) is 17.1. The van der Waals surface area contributed by atoms with Crippen molar-refractivity contribution in [1.82, 2.24) is 10.3 Å². The molecule has 0 aliphatic heterocycles. The number of nitrogens with two attached hydrogens (primary N) is 1. The van der Waals surface area contributed by atoms with Crippen LogP contribution in [0.15, 0.2) is 59.6 Å². The minimum Gasteiger partial charge on any atom is -0.370 e. The van der Waals surface area contributed by atoms with E-state index in [-0.39, 0.29) is 34.5 Å². The average Bonchev–Trinajstić information content (AvgIpc) is 3.18. The molecule has 11 nitrogen and oxygen atoms in total. The smallest absolute Gasteiger partial charge is 0.274 e. The number of carbonyl (C=O) groups is 2. The summed E-state index contributed by atoms with van der Waals surface area (Å²) in [5.41, 5.74) is 7.16. The summed E-state index contributed by atoms with van der Waals surface area (Å²) in [6.07, 6.45) is 0. The first-order valence-electron chi connectivity index (χ1n) is 8.82. The molecular weight excluding hydrogens is 505 g/mol. The Balaban J connectivity index is 0.000000311. The fraction of sp³-hybridized carbons (Fsp3) is 0.105. The molecule has 1 unspecified atom stereocenters. The van der Waals surface area contributed by atoms with Crippen LogP contribution < -0.4 is 20.7 Å². The summed E-state index contributed by atoms with van der Waals surface area (Å²) in [5, 5.41) is 14.1. The zero-order chi connectivity index (χ0) is 23.0. The number of nitrogens with one attached hydrogen (secondary N) is 3. The molecular formula is C19H23AsClN5O6. The fourth-order valence-electron chi connectivity index (χ4n) is 2.45. The number of benzene rings is 2. The summed E-state index contributed by atoms with van der Waals surface area (Å²) in [4.78, 5) is 29.1. The van der Waals surface area contributed by atoms with Gasteiger partial charge in [-0.2, -0.15) is 0 Å². The predicted molar refractivity (Wildman–Crippen MR) is 123 cm³/mol. The van der Waals surface area contributed by atoms with Crippen molar-refractivity contribution in [1.29, 1.82) is 0 Å². The van der Waals surface area contributed by atoms with Crippen LogP contribution in [-0.2, 0) is 12.4 Å². The van der Waals surface area contributed by atoms with Gasteiger partial charge in [0.05, 0.1) is 0 Å². The van der Waals surface area contributed by atoms with Gasteiger partial charge in [-0.25, -0.2) is 0 Å². The minimum absolute atomic E-state index is 0. The molecule has 0 aliphatic carbocycles. The Morgan fingerprint density at radius 3 is 2.44 bits per heavy atom. The van der Waals surface area contributed by atoms with Gasteiger partial charge in [0, 0.05) is 18.0 Å². The van der Waals surface area contributed by atoms with Gasteiger partial charge in [-0.1, -0.05) is 18.2 Å². The molecule has 32 heavy (non-hydrogen) atoms. The minimum atomic E-state index is -4.83. The molecule has 13 heteroatoms. The predicted octanol–water partition coefficient (Wildman–Crippen LogP) is 0.967. The number of amides is 2. The summed E-state index contributed by atoms with van der Waals surface area (Å²) in [6.45, 7) is 1.32. The molecule has 0 fully saturated rings. The number of halogens is 1. The number of carbonyl (C=O) groups excluding carboxylic acids is 2. The monoisotopic (exact) mass is 527 g/mol. The number of aromatic nitrogens is 1. The number of guanidine groups is 1. The molecule has 0 saturated heterocycles.